The number of hydrazone groups is 1. The van der Waals surface area contributed by atoms with Crippen molar-refractivity contribution < 1.29 is 9.90 Å². The molecule has 0 heterocycles. The average Bonchev–Trinajstić information content (AvgIpc) is 2.00. The van der Waals surface area contributed by atoms with E-state index in [0.717, 1.165) is 0 Å². The Morgan fingerprint density at radius 3 is 2.58 bits per heavy atom. The Morgan fingerprint density at radius 2 is 2.25 bits per heavy atom. The Labute approximate surface area is 71.6 Å². The van der Waals surface area contributed by atoms with Crippen molar-refractivity contribution in [2.24, 2.45) is 10.8 Å². The fraction of sp³-hybridized carbons (Fsp3) is 0.714. The molecule has 0 radical (unpaired) electrons. The first-order chi connectivity index (χ1) is 5.40. The number of urea groups is 1. The van der Waals surface area contributed by atoms with E-state index in [1.165, 1.54) is 0 Å². The van der Waals surface area contributed by atoms with Gasteiger partial charge in [0.05, 0.1) is 5.71 Å². The lowest BCUT2D eigenvalue weighted by Crippen LogP contribution is -2.35. The molecule has 0 aromatic carbocycles. The van der Waals surface area contributed by atoms with Crippen LogP contribution in [0.1, 0.15) is 27.2 Å². The van der Waals surface area contributed by atoms with E-state index in [1.54, 1.807) is 13.8 Å². The van der Waals surface area contributed by atoms with Crippen molar-refractivity contribution >= 4 is 11.7 Å². The van der Waals surface area contributed by atoms with Gasteiger partial charge in [-0.2, -0.15) is 5.10 Å². The maximum Gasteiger partial charge on any atom is 0.332 e. The maximum absolute atomic E-state index is 10.2. The van der Waals surface area contributed by atoms with E-state index < -0.39 is 11.6 Å². The van der Waals surface area contributed by atoms with E-state index in [1.807, 2.05) is 6.92 Å². The van der Waals surface area contributed by atoms with Gasteiger partial charge < -0.3 is 10.8 Å². The molecule has 2 amide bonds. The minimum absolute atomic E-state index is 0.434. The predicted molar refractivity (Wildman–Crippen MR) is 46.7 cm³/mol. The highest BCUT2D eigenvalue weighted by Gasteiger charge is 2.21. The van der Waals surface area contributed by atoms with E-state index in [0.29, 0.717) is 12.1 Å². The van der Waals surface area contributed by atoms with Crippen LogP contribution in [-0.4, -0.2) is 22.5 Å². The predicted octanol–water partition coefficient (Wildman–Crippen LogP) is 0.192. The third kappa shape index (κ3) is 3.34. The van der Waals surface area contributed by atoms with Crippen LogP contribution in [0.4, 0.5) is 4.79 Å². The van der Waals surface area contributed by atoms with Gasteiger partial charge in [-0.05, 0) is 20.3 Å². The van der Waals surface area contributed by atoms with Crippen LogP contribution in [0, 0.1) is 0 Å². The maximum atomic E-state index is 10.2. The number of primary amides is 1. The molecule has 0 saturated heterocycles. The van der Waals surface area contributed by atoms with Gasteiger partial charge in [0.2, 0.25) is 0 Å². The molecule has 5 heteroatoms. The van der Waals surface area contributed by atoms with Gasteiger partial charge in [0.1, 0.15) is 5.60 Å². The van der Waals surface area contributed by atoms with Crippen molar-refractivity contribution in [2.75, 3.05) is 0 Å². The molecule has 70 valence electrons. The van der Waals surface area contributed by atoms with Crippen LogP contribution >= 0.6 is 0 Å². The van der Waals surface area contributed by atoms with Crippen LogP contribution in [-0.2, 0) is 0 Å². The zero-order valence-corrected chi connectivity index (χ0v) is 7.59. The van der Waals surface area contributed by atoms with Crippen LogP contribution in [0.3, 0.4) is 0 Å². The number of hydrogen-bond donors (Lipinski definition) is 3. The molecule has 0 aromatic rings. The lowest BCUT2D eigenvalue weighted by atomic mass is 9.99. The highest BCUT2D eigenvalue weighted by Crippen LogP contribution is 2.09. The molecular weight excluding hydrogens is 158 g/mol. The number of rotatable bonds is 3. The molecule has 12 heavy (non-hydrogen) atoms. The second-order valence-corrected chi connectivity index (χ2v) is 2.80. The molecule has 0 spiro atoms. The second-order valence-electron chi connectivity index (χ2n) is 2.80. The summed E-state index contributed by atoms with van der Waals surface area (Å²) in [7, 11) is 0. The van der Waals surface area contributed by atoms with Gasteiger partial charge in [0.25, 0.3) is 0 Å². The minimum atomic E-state index is -0.984. The second kappa shape index (κ2) is 4.06. The van der Waals surface area contributed by atoms with Crippen molar-refractivity contribution in [3.8, 4) is 0 Å². The van der Waals surface area contributed by atoms with Gasteiger partial charge in [0, 0.05) is 0 Å². The summed E-state index contributed by atoms with van der Waals surface area (Å²) in [6, 6.07) is -0.735. The Hall–Kier alpha value is -1.10. The number of hydrogen-bond acceptors (Lipinski definition) is 3. The average molecular weight is 173 g/mol. The summed E-state index contributed by atoms with van der Waals surface area (Å²) < 4.78 is 0. The molecule has 5 nitrogen and oxygen atoms in total. The monoisotopic (exact) mass is 173 g/mol. The number of aliphatic hydroxyl groups is 1. The van der Waals surface area contributed by atoms with Crippen LogP contribution in [0.2, 0.25) is 0 Å². The Bertz CT molecular complexity index is 199. The summed E-state index contributed by atoms with van der Waals surface area (Å²) >= 11 is 0. The summed E-state index contributed by atoms with van der Waals surface area (Å²) in [4.78, 5) is 10.2. The number of carbonyl (C=O) groups excluding carboxylic acids is 1. The first-order valence-corrected chi connectivity index (χ1v) is 3.72. The van der Waals surface area contributed by atoms with Crippen LogP contribution in [0.15, 0.2) is 5.10 Å². The molecule has 0 saturated carbocycles. The number of nitrogens with two attached hydrogens (primary N) is 1. The zero-order chi connectivity index (χ0) is 9.78. The molecule has 0 aromatic heterocycles. The molecule has 0 bridgehead atoms. The summed E-state index contributed by atoms with van der Waals surface area (Å²) in [5.41, 5.74) is 6.29. The van der Waals surface area contributed by atoms with Crippen LogP contribution in [0.5, 0.6) is 0 Å². The molecule has 0 aliphatic rings. The van der Waals surface area contributed by atoms with Gasteiger partial charge in [-0.25, -0.2) is 10.2 Å². The molecule has 1 atom stereocenters. The minimum Gasteiger partial charge on any atom is -0.384 e. The highest BCUT2D eigenvalue weighted by molar-refractivity contribution is 5.90. The van der Waals surface area contributed by atoms with E-state index >= 15 is 0 Å². The van der Waals surface area contributed by atoms with E-state index in [-0.39, 0.29) is 0 Å². The van der Waals surface area contributed by atoms with Gasteiger partial charge in [-0.3, -0.25) is 0 Å². The third-order valence-corrected chi connectivity index (χ3v) is 1.80. The fourth-order valence-corrected chi connectivity index (χ4v) is 0.515. The number of carbonyl (C=O) groups is 1. The molecule has 1 unspecified atom stereocenters. The van der Waals surface area contributed by atoms with Crippen molar-refractivity contribution in [2.45, 2.75) is 32.8 Å². The molecule has 0 aliphatic carbocycles. The first kappa shape index (κ1) is 10.9. The largest absolute Gasteiger partial charge is 0.384 e. The normalized spacial score (nSPS) is 16.8. The quantitative estimate of drug-likeness (QED) is 0.420. The molecule has 0 aliphatic heterocycles. The first-order valence-electron chi connectivity index (χ1n) is 3.72. The van der Waals surface area contributed by atoms with E-state index in [2.05, 4.69) is 10.5 Å². The Balaban J connectivity index is 4.26. The molecule has 4 N–H and O–H groups in total. The standard InChI is InChI=1S/C7H15N3O2/c1-4-7(3,12)5(2)9-10-6(8)11/h12H,4H2,1-3H3,(H3,8,10,11)/b9-5+. The van der Waals surface area contributed by atoms with Crippen molar-refractivity contribution in [1.29, 1.82) is 0 Å². The van der Waals surface area contributed by atoms with Crippen LogP contribution in [0.25, 0.3) is 0 Å². The smallest absolute Gasteiger partial charge is 0.332 e. The highest BCUT2D eigenvalue weighted by atomic mass is 16.3. The van der Waals surface area contributed by atoms with Gasteiger partial charge in [-0.15, -0.1) is 0 Å². The molecular formula is C7H15N3O2. The molecule has 0 fully saturated rings. The van der Waals surface area contributed by atoms with Gasteiger partial charge in [-0.1, -0.05) is 6.92 Å². The van der Waals surface area contributed by atoms with E-state index in [4.69, 9.17) is 5.73 Å². The summed E-state index contributed by atoms with van der Waals surface area (Å²) in [6.07, 6.45) is 0.531. The lowest BCUT2D eigenvalue weighted by Gasteiger charge is -2.20. The van der Waals surface area contributed by atoms with Gasteiger partial charge in [0.15, 0.2) is 0 Å². The number of nitrogens with one attached hydrogen (secondary N) is 1. The van der Waals surface area contributed by atoms with E-state index in [9.17, 15) is 9.90 Å². The summed E-state index contributed by atoms with van der Waals surface area (Å²) in [5, 5.41) is 13.2. The van der Waals surface area contributed by atoms with Crippen molar-refractivity contribution in [1.82, 2.24) is 5.43 Å². The summed E-state index contributed by atoms with van der Waals surface area (Å²) in [5.74, 6) is 0. The lowest BCUT2D eigenvalue weighted by molar-refractivity contribution is 0.127. The third-order valence-electron chi connectivity index (χ3n) is 1.80. The van der Waals surface area contributed by atoms with Crippen molar-refractivity contribution in [3.63, 3.8) is 0 Å². The van der Waals surface area contributed by atoms with Crippen LogP contribution < -0.4 is 11.2 Å². The molecule has 0 rings (SSSR count). The Morgan fingerprint density at radius 1 is 1.75 bits per heavy atom. The Kier molecular flexibility index (Phi) is 3.69. The number of nitrogens with zero attached hydrogens (tertiary/aromatic N) is 1. The fourth-order valence-electron chi connectivity index (χ4n) is 0.515. The van der Waals surface area contributed by atoms with Gasteiger partial charge >= 0.3 is 6.03 Å². The SMILES string of the molecule is CCC(C)(O)/C(C)=N/NC(N)=O. The summed E-state index contributed by atoms with van der Waals surface area (Å²) in [6.45, 7) is 5.07. The number of amides is 2. The zero-order valence-electron chi connectivity index (χ0n) is 7.59. The van der Waals surface area contributed by atoms with Crippen molar-refractivity contribution in [3.05, 3.63) is 0 Å². The topological polar surface area (TPSA) is 87.7 Å².